The third kappa shape index (κ3) is 1.97. The van der Waals surface area contributed by atoms with Gasteiger partial charge in [0.05, 0.1) is 6.04 Å². The van der Waals surface area contributed by atoms with Gasteiger partial charge in [0, 0.05) is 12.5 Å². The maximum absolute atomic E-state index is 9.21. The third-order valence-corrected chi connectivity index (χ3v) is 3.67. The Morgan fingerprint density at radius 2 is 2.21 bits per heavy atom. The van der Waals surface area contributed by atoms with Gasteiger partial charge < -0.3 is 15.4 Å². The van der Waals surface area contributed by atoms with E-state index in [0.29, 0.717) is 11.2 Å². The van der Waals surface area contributed by atoms with E-state index in [4.69, 9.17) is 17.3 Å². The van der Waals surface area contributed by atoms with Crippen LogP contribution in [0.4, 0.5) is 5.95 Å². The minimum Gasteiger partial charge on any atom is -0.396 e. The van der Waals surface area contributed by atoms with E-state index in [-0.39, 0.29) is 29.7 Å². The summed E-state index contributed by atoms with van der Waals surface area (Å²) in [6.07, 6.45) is 4.90. The summed E-state index contributed by atoms with van der Waals surface area (Å²) in [6.45, 7) is 2.05. The van der Waals surface area contributed by atoms with Crippen LogP contribution in [0.15, 0.2) is 12.2 Å². The van der Waals surface area contributed by atoms with Crippen LogP contribution in [0.1, 0.15) is 18.3 Å². The second-order valence-corrected chi connectivity index (χ2v) is 5.06. The molecule has 0 fully saturated rings. The molecule has 2 aromatic rings. The number of imidazole rings is 1. The number of halogens is 1. The minimum atomic E-state index is 0.118. The highest BCUT2D eigenvalue weighted by Crippen LogP contribution is 2.32. The summed E-state index contributed by atoms with van der Waals surface area (Å²) >= 11 is 6.05. The van der Waals surface area contributed by atoms with Gasteiger partial charge in [-0.25, -0.2) is 4.98 Å². The number of aliphatic hydroxyl groups excluding tert-OH is 1. The summed E-state index contributed by atoms with van der Waals surface area (Å²) in [4.78, 5) is 12.6. The number of hydrogen-bond acceptors (Lipinski definition) is 5. The number of aryl methyl sites for hydroxylation is 1. The van der Waals surface area contributed by atoms with Crippen LogP contribution < -0.4 is 5.73 Å². The van der Waals surface area contributed by atoms with Crippen molar-refractivity contribution in [2.24, 2.45) is 5.92 Å². The van der Waals surface area contributed by atoms with E-state index >= 15 is 0 Å². The Bertz CT molecular complexity index is 666. The number of aromatic nitrogens is 4. The summed E-state index contributed by atoms with van der Waals surface area (Å²) in [7, 11) is 0. The van der Waals surface area contributed by atoms with E-state index in [1.165, 1.54) is 0 Å². The highest BCUT2D eigenvalue weighted by atomic mass is 35.5. The number of anilines is 1. The highest BCUT2D eigenvalue weighted by Gasteiger charge is 2.24. The molecule has 1 aliphatic carbocycles. The molecule has 0 radical (unpaired) electrons. The zero-order chi connectivity index (χ0) is 13.6. The lowest BCUT2D eigenvalue weighted by molar-refractivity contribution is 0.244. The average molecular weight is 280 g/mol. The Labute approximate surface area is 114 Å². The van der Waals surface area contributed by atoms with Crippen molar-refractivity contribution in [3.63, 3.8) is 0 Å². The zero-order valence-corrected chi connectivity index (χ0v) is 11.2. The molecule has 0 unspecified atom stereocenters. The number of allylic oxidation sites excluding steroid dienone is 1. The normalized spacial score (nSPS) is 22.5. The molecule has 0 aliphatic heterocycles. The zero-order valence-electron chi connectivity index (χ0n) is 10.4. The first-order chi connectivity index (χ1) is 9.10. The van der Waals surface area contributed by atoms with Crippen LogP contribution in [0, 0.1) is 12.8 Å². The standard InChI is InChI=1S/C12H14ClN5O/c1-6-15-9-10(13)16-12(14)17-11(9)18(6)8-3-2-7(4-8)5-19/h2-3,7-8,19H,4-5H2,1H3,(H2,14,16,17)/t7-,8+/m0/s1. The van der Waals surface area contributed by atoms with E-state index < -0.39 is 0 Å². The van der Waals surface area contributed by atoms with Gasteiger partial charge in [0.1, 0.15) is 11.3 Å². The fourth-order valence-electron chi connectivity index (χ4n) is 2.54. The first-order valence-corrected chi connectivity index (χ1v) is 6.44. The van der Waals surface area contributed by atoms with Crippen LogP contribution in [0.2, 0.25) is 5.15 Å². The maximum atomic E-state index is 9.21. The van der Waals surface area contributed by atoms with Crippen molar-refractivity contribution >= 4 is 28.7 Å². The Balaban J connectivity index is 2.14. The summed E-state index contributed by atoms with van der Waals surface area (Å²) in [5.41, 5.74) is 6.86. The average Bonchev–Trinajstić information content (AvgIpc) is 2.93. The first-order valence-electron chi connectivity index (χ1n) is 6.07. The molecule has 0 bridgehead atoms. The first kappa shape index (κ1) is 12.4. The molecule has 2 heterocycles. The summed E-state index contributed by atoms with van der Waals surface area (Å²) in [5, 5.41) is 9.48. The van der Waals surface area contributed by atoms with Crippen LogP contribution in [0.5, 0.6) is 0 Å². The van der Waals surface area contributed by atoms with Crippen LogP contribution in [-0.2, 0) is 0 Å². The fourth-order valence-corrected chi connectivity index (χ4v) is 2.76. The quantitative estimate of drug-likeness (QED) is 0.642. The van der Waals surface area contributed by atoms with Crippen LogP contribution in [0.25, 0.3) is 11.2 Å². The molecule has 3 rings (SSSR count). The number of nitrogens with zero attached hydrogens (tertiary/aromatic N) is 4. The van der Waals surface area contributed by atoms with Crippen molar-refractivity contribution in [2.75, 3.05) is 12.3 Å². The molecule has 0 amide bonds. The maximum Gasteiger partial charge on any atom is 0.223 e. The number of nitrogen functional groups attached to an aromatic ring is 1. The molecule has 3 N–H and O–H groups in total. The summed E-state index contributed by atoms with van der Waals surface area (Å²) in [6, 6.07) is 0.118. The van der Waals surface area contributed by atoms with Gasteiger partial charge in [-0.1, -0.05) is 23.8 Å². The summed E-state index contributed by atoms with van der Waals surface area (Å²) < 4.78 is 1.99. The second-order valence-electron chi connectivity index (χ2n) is 4.70. The number of fused-ring (bicyclic) bond motifs is 1. The van der Waals surface area contributed by atoms with Crippen LogP contribution in [0.3, 0.4) is 0 Å². The predicted molar refractivity (Wildman–Crippen MR) is 72.9 cm³/mol. The van der Waals surface area contributed by atoms with E-state index in [2.05, 4.69) is 21.0 Å². The molecule has 0 saturated carbocycles. The molecular formula is C12H14ClN5O. The van der Waals surface area contributed by atoms with E-state index in [0.717, 1.165) is 12.2 Å². The predicted octanol–water partition coefficient (Wildman–Crippen LogP) is 1.48. The molecular weight excluding hydrogens is 266 g/mol. The Morgan fingerprint density at radius 3 is 2.89 bits per heavy atom. The molecule has 7 heteroatoms. The lowest BCUT2D eigenvalue weighted by Gasteiger charge is -2.14. The third-order valence-electron chi connectivity index (χ3n) is 3.41. The van der Waals surface area contributed by atoms with Gasteiger partial charge in [-0.15, -0.1) is 0 Å². The Morgan fingerprint density at radius 1 is 1.42 bits per heavy atom. The Kier molecular flexibility index (Phi) is 2.91. The summed E-state index contributed by atoms with van der Waals surface area (Å²) in [5.74, 6) is 1.13. The molecule has 2 aromatic heterocycles. The van der Waals surface area contributed by atoms with Gasteiger partial charge in [0.2, 0.25) is 5.95 Å². The van der Waals surface area contributed by atoms with Crippen molar-refractivity contribution in [3.05, 3.63) is 23.1 Å². The lowest BCUT2D eigenvalue weighted by atomic mass is 10.1. The number of nitrogens with two attached hydrogens (primary N) is 1. The second kappa shape index (κ2) is 4.47. The fraction of sp³-hybridized carbons (Fsp3) is 0.417. The molecule has 2 atom stereocenters. The monoisotopic (exact) mass is 279 g/mol. The lowest BCUT2D eigenvalue weighted by Crippen LogP contribution is -2.10. The van der Waals surface area contributed by atoms with Crippen LogP contribution in [-0.4, -0.2) is 31.2 Å². The van der Waals surface area contributed by atoms with Gasteiger partial charge in [-0.05, 0) is 13.3 Å². The van der Waals surface area contributed by atoms with Gasteiger partial charge in [-0.3, -0.25) is 0 Å². The molecule has 100 valence electrons. The van der Waals surface area contributed by atoms with Crippen molar-refractivity contribution in [2.45, 2.75) is 19.4 Å². The molecule has 19 heavy (non-hydrogen) atoms. The highest BCUT2D eigenvalue weighted by molar-refractivity contribution is 6.33. The van der Waals surface area contributed by atoms with Crippen molar-refractivity contribution < 1.29 is 5.11 Å². The van der Waals surface area contributed by atoms with Gasteiger partial charge in [-0.2, -0.15) is 9.97 Å². The van der Waals surface area contributed by atoms with E-state index in [1.807, 2.05) is 17.6 Å². The van der Waals surface area contributed by atoms with Crippen molar-refractivity contribution in [1.29, 1.82) is 0 Å². The molecule has 0 saturated heterocycles. The van der Waals surface area contributed by atoms with Gasteiger partial charge in [0.15, 0.2) is 10.8 Å². The van der Waals surface area contributed by atoms with Gasteiger partial charge in [0.25, 0.3) is 0 Å². The smallest absolute Gasteiger partial charge is 0.223 e. The number of rotatable bonds is 2. The van der Waals surface area contributed by atoms with Gasteiger partial charge >= 0.3 is 0 Å². The molecule has 0 spiro atoms. The van der Waals surface area contributed by atoms with Crippen molar-refractivity contribution in [3.8, 4) is 0 Å². The molecule has 0 aromatic carbocycles. The van der Waals surface area contributed by atoms with Crippen molar-refractivity contribution in [1.82, 2.24) is 19.5 Å². The van der Waals surface area contributed by atoms with E-state index in [9.17, 15) is 5.11 Å². The Hall–Kier alpha value is -1.66. The SMILES string of the molecule is Cc1nc2c(Cl)nc(N)nc2n1[C@@H]1C=C[C@H](CO)C1. The van der Waals surface area contributed by atoms with Crippen LogP contribution >= 0.6 is 11.6 Å². The molecule has 1 aliphatic rings. The number of hydrogen-bond donors (Lipinski definition) is 2. The largest absolute Gasteiger partial charge is 0.396 e. The minimum absolute atomic E-state index is 0.118. The number of aliphatic hydroxyl groups is 1. The topological polar surface area (TPSA) is 89.9 Å². The van der Waals surface area contributed by atoms with E-state index in [1.54, 1.807) is 0 Å². The molecule has 6 nitrogen and oxygen atoms in total.